The highest BCUT2D eigenvalue weighted by Gasteiger charge is 2.14. The molecule has 0 fully saturated rings. The minimum Gasteiger partial charge on any atom is -0.493 e. The van der Waals surface area contributed by atoms with Crippen molar-refractivity contribution >= 4 is 11.9 Å². The Morgan fingerprint density at radius 2 is 1.73 bits per heavy atom. The van der Waals surface area contributed by atoms with Gasteiger partial charge in [-0.25, -0.2) is 23.5 Å². The van der Waals surface area contributed by atoms with Gasteiger partial charge in [0.1, 0.15) is 17.1 Å². The summed E-state index contributed by atoms with van der Waals surface area (Å²) < 4.78 is 13.8. The van der Waals surface area contributed by atoms with E-state index >= 15 is 0 Å². The standard InChI is InChI=1S/C15H10FN5O5/c16-7-1-3-8(4-2-7)21-13(24)9(11(22)20-15(21)26)5-17-10-6-18-14(25)19-12(10)23/h1-6,24H,(H,20,22,26)(H2,18,19,23,25). The summed E-state index contributed by atoms with van der Waals surface area (Å²) in [5, 5.41) is 10.3. The molecule has 1 aromatic carbocycles. The summed E-state index contributed by atoms with van der Waals surface area (Å²) in [4.78, 5) is 56.3. The molecular weight excluding hydrogens is 349 g/mol. The third kappa shape index (κ3) is 3.13. The minimum atomic E-state index is -0.949. The number of hydrogen-bond donors (Lipinski definition) is 4. The van der Waals surface area contributed by atoms with Crippen LogP contribution < -0.4 is 22.5 Å². The van der Waals surface area contributed by atoms with Gasteiger partial charge in [0.25, 0.3) is 11.1 Å². The highest BCUT2D eigenvalue weighted by atomic mass is 19.1. The second kappa shape index (κ2) is 6.47. The van der Waals surface area contributed by atoms with Gasteiger partial charge < -0.3 is 10.1 Å². The van der Waals surface area contributed by atoms with Crippen LogP contribution in [0.15, 0.2) is 54.6 Å². The lowest BCUT2D eigenvalue weighted by molar-refractivity contribution is 0.430. The number of nitrogens with one attached hydrogen (secondary N) is 3. The Balaban J connectivity index is 2.15. The van der Waals surface area contributed by atoms with Crippen molar-refractivity contribution in [1.82, 2.24) is 19.5 Å². The average molecular weight is 359 g/mol. The lowest BCUT2D eigenvalue weighted by Gasteiger charge is -2.09. The molecule has 0 aliphatic rings. The van der Waals surface area contributed by atoms with Gasteiger partial charge in [-0.05, 0) is 24.3 Å². The van der Waals surface area contributed by atoms with Crippen LogP contribution in [0.5, 0.6) is 5.88 Å². The summed E-state index contributed by atoms with van der Waals surface area (Å²) in [6, 6.07) is 4.59. The first-order valence-electron chi connectivity index (χ1n) is 7.07. The van der Waals surface area contributed by atoms with Crippen molar-refractivity contribution in [3.63, 3.8) is 0 Å². The summed E-state index contributed by atoms with van der Waals surface area (Å²) in [7, 11) is 0. The first kappa shape index (κ1) is 16.8. The van der Waals surface area contributed by atoms with Gasteiger partial charge in [-0.1, -0.05) is 0 Å². The van der Waals surface area contributed by atoms with E-state index in [1.54, 1.807) is 0 Å². The Morgan fingerprint density at radius 3 is 2.38 bits per heavy atom. The summed E-state index contributed by atoms with van der Waals surface area (Å²) in [6.45, 7) is 0. The maximum absolute atomic E-state index is 13.0. The number of aliphatic imine (C=N–C) groups is 1. The number of aromatic nitrogens is 4. The summed E-state index contributed by atoms with van der Waals surface area (Å²) >= 11 is 0. The SMILES string of the molecule is O=c1[nH]cc(N=Cc2c(O)n(-c3ccc(F)cc3)c(=O)[nH]c2=O)c(=O)[nH]1. The van der Waals surface area contributed by atoms with Crippen LogP contribution in [-0.4, -0.2) is 30.8 Å². The predicted octanol–water partition coefficient (Wildman–Crippen LogP) is -0.502. The van der Waals surface area contributed by atoms with Crippen molar-refractivity contribution in [3.8, 4) is 11.6 Å². The number of hydrogen-bond acceptors (Lipinski definition) is 6. The number of rotatable bonds is 3. The van der Waals surface area contributed by atoms with Crippen molar-refractivity contribution in [2.75, 3.05) is 0 Å². The Bertz CT molecular complexity index is 1230. The number of benzene rings is 1. The number of H-pyrrole nitrogens is 3. The molecule has 2 heterocycles. The van der Waals surface area contributed by atoms with E-state index < -0.39 is 39.8 Å². The van der Waals surface area contributed by atoms with E-state index in [0.717, 1.165) is 29.1 Å². The van der Waals surface area contributed by atoms with Crippen LogP contribution in [-0.2, 0) is 0 Å². The molecule has 0 aliphatic heterocycles. The van der Waals surface area contributed by atoms with Gasteiger partial charge in [0.2, 0.25) is 5.88 Å². The van der Waals surface area contributed by atoms with Crippen molar-refractivity contribution in [2.24, 2.45) is 4.99 Å². The fourth-order valence-electron chi connectivity index (χ4n) is 2.12. The van der Waals surface area contributed by atoms with E-state index in [9.17, 15) is 28.7 Å². The zero-order valence-corrected chi connectivity index (χ0v) is 12.8. The van der Waals surface area contributed by atoms with Gasteiger partial charge in [0.05, 0.1) is 5.69 Å². The molecule has 0 radical (unpaired) electrons. The fraction of sp³-hybridized carbons (Fsp3) is 0. The van der Waals surface area contributed by atoms with Gasteiger partial charge in [-0.3, -0.25) is 19.6 Å². The number of aromatic hydroxyl groups is 1. The van der Waals surface area contributed by atoms with Gasteiger partial charge in [0, 0.05) is 12.4 Å². The van der Waals surface area contributed by atoms with Crippen molar-refractivity contribution in [3.05, 3.63) is 83.5 Å². The minimum absolute atomic E-state index is 0.0988. The fourth-order valence-corrected chi connectivity index (χ4v) is 2.12. The molecule has 0 spiro atoms. The summed E-state index contributed by atoms with van der Waals surface area (Å²) in [5.41, 5.74) is -4.00. The van der Waals surface area contributed by atoms with Crippen molar-refractivity contribution in [1.29, 1.82) is 0 Å². The van der Waals surface area contributed by atoms with Gasteiger partial charge in [-0.2, -0.15) is 0 Å². The average Bonchev–Trinajstić information content (AvgIpc) is 2.57. The molecular formula is C15H10FN5O5. The quantitative estimate of drug-likeness (QED) is 0.464. The predicted molar refractivity (Wildman–Crippen MR) is 89.2 cm³/mol. The van der Waals surface area contributed by atoms with Crippen LogP contribution in [0.25, 0.3) is 5.69 Å². The second-order valence-electron chi connectivity index (χ2n) is 5.02. The molecule has 3 aromatic rings. The van der Waals surface area contributed by atoms with E-state index in [2.05, 4.69) is 9.98 Å². The molecule has 0 atom stereocenters. The van der Waals surface area contributed by atoms with E-state index in [-0.39, 0.29) is 11.4 Å². The number of aromatic amines is 3. The van der Waals surface area contributed by atoms with E-state index in [1.807, 2.05) is 9.97 Å². The van der Waals surface area contributed by atoms with Crippen molar-refractivity contribution < 1.29 is 9.50 Å². The highest BCUT2D eigenvalue weighted by Crippen LogP contribution is 2.16. The molecule has 4 N–H and O–H groups in total. The lowest BCUT2D eigenvalue weighted by atomic mass is 10.3. The molecule has 3 rings (SSSR count). The third-order valence-electron chi connectivity index (χ3n) is 3.34. The van der Waals surface area contributed by atoms with E-state index in [0.29, 0.717) is 0 Å². The summed E-state index contributed by atoms with van der Waals surface area (Å²) in [6.07, 6.45) is 1.87. The van der Waals surface area contributed by atoms with Crippen LogP contribution in [0, 0.1) is 5.82 Å². The molecule has 11 heteroatoms. The number of halogens is 1. The first-order valence-corrected chi connectivity index (χ1v) is 7.07. The van der Waals surface area contributed by atoms with Crippen LogP contribution in [0.1, 0.15) is 5.56 Å². The van der Waals surface area contributed by atoms with Gasteiger partial charge in [-0.15, -0.1) is 0 Å². The normalized spacial score (nSPS) is 11.1. The molecule has 0 amide bonds. The van der Waals surface area contributed by atoms with E-state index in [1.165, 1.54) is 12.1 Å². The zero-order chi connectivity index (χ0) is 18.8. The van der Waals surface area contributed by atoms with Gasteiger partial charge in [0.15, 0.2) is 0 Å². The van der Waals surface area contributed by atoms with Crippen molar-refractivity contribution in [2.45, 2.75) is 0 Å². The molecule has 0 bridgehead atoms. The van der Waals surface area contributed by atoms with Crippen LogP contribution in [0.3, 0.4) is 0 Å². The Morgan fingerprint density at radius 1 is 1.04 bits per heavy atom. The Labute approximate surface area is 142 Å². The second-order valence-corrected chi connectivity index (χ2v) is 5.02. The zero-order valence-electron chi connectivity index (χ0n) is 12.8. The Hall–Kier alpha value is -4.02. The molecule has 0 saturated carbocycles. The monoisotopic (exact) mass is 359 g/mol. The topological polar surface area (TPSA) is 153 Å². The maximum atomic E-state index is 13.0. The van der Waals surface area contributed by atoms with Crippen LogP contribution in [0.4, 0.5) is 10.1 Å². The first-order chi connectivity index (χ1) is 12.4. The van der Waals surface area contributed by atoms with Gasteiger partial charge >= 0.3 is 11.4 Å². The molecule has 0 aliphatic carbocycles. The lowest BCUT2D eigenvalue weighted by Crippen LogP contribution is -2.31. The molecule has 26 heavy (non-hydrogen) atoms. The van der Waals surface area contributed by atoms with Crippen LogP contribution >= 0.6 is 0 Å². The highest BCUT2D eigenvalue weighted by molar-refractivity contribution is 5.84. The largest absolute Gasteiger partial charge is 0.493 e. The van der Waals surface area contributed by atoms with E-state index in [4.69, 9.17) is 0 Å². The number of nitrogens with zero attached hydrogens (tertiary/aromatic N) is 2. The molecule has 132 valence electrons. The molecule has 0 saturated heterocycles. The molecule has 2 aromatic heterocycles. The smallest absolute Gasteiger partial charge is 0.335 e. The maximum Gasteiger partial charge on any atom is 0.335 e. The molecule has 0 unspecified atom stereocenters. The van der Waals surface area contributed by atoms with Crippen LogP contribution in [0.2, 0.25) is 0 Å². The Kier molecular flexibility index (Phi) is 4.19. The third-order valence-corrected chi connectivity index (χ3v) is 3.34. The molecule has 10 nitrogen and oxygen atoms in total. The summed E-state index contributed by atoms with van der Waals surface area (Å²) in [5.74, 6) is -1.31.